The smallest absolute Gasteiger partial charge is 0.312 e. The molecule has 15 unspecified atom stereocenters. The molecule has 0 heterocycles. The molecule has 838 valence electrons. The highest BCUT2D eigenvalue weighted by Crippen LogP contribution is 2.83. The van der Waals surface area contributed by atoms with Gasteiger partial charge in [0.2, 0.25) is 0 Å². The summed E-state index contributed by atoms with van der Waals surface area (Å²) < 4.78 is 31.5. The number of hydrogen-bond acceptors (Lipinski definition) is 11. The normalized spacial score (nSPS) is 44.2. The molecule has 0 amide bonds. The zero-order chi connectivity index (χ0) is 108. The second-order valence-electron chi connectivity index (χ2n) is 60.9. The van der Waals surface area contributed by atoms with E-state index in [1.807, 2.05) is 145 Å². The Morgan fingerprint density at radius 3 is 0.877 bits per heavy atom. The third-order valence-electron chi connectivity index (χ3n) is 51.0. The second-order valence-corrected chi connectivity index (χ2v) is 60.9. The van der Waals surface area contributed by atoms with Crippen LogP contribution in [-0.2, 0) is 52.5 Å². The molecule has 35 saturated carbocycles. The molecule has 0 aliphatic heterocycles. The molecule has 12 nitrogen and oxygen atoms in total. The molecular formula is C134H230O12. The largest absolute Gasteiger partial charge is 0.481 e. The van der Waals surface area contributed by atoms with E-state index < -0.39 is 11.4 Å². The third kappa shape index (κ3) is 19.9. The average Bonchev–Trinajstić information content (AvgIpc) is 0.658. The lowest BCUT2D eigenvalue weighted by Gasteiger charge is -2.77. The SMILES string of the molecule is CC.CC.CC.CC.CC.CCC(C)(C)C(=O)O.CCC(C)(C)C(=O)OC(C)(C)C12CC3C4CC5CC3C(C1)C(C5)C4C2.CCC(C)(C)C(=O)OC(C)(C)C12CC3CC4C5CC(CC41)CC2C5C3.CCC(C)(C)C(=O)OC(C)C12CC3C4CC5CC3C(C1)C(C5)C4C2.CCC(C)(C)C(=O)OC(C)C12CC3CC4C5CC(CC41)CC2C5C3.CCC(C)(C)C(=O)OC1(C)C2CC3C4CC5CC3C1C(C5)C4C2.CCCC(C)(C)C. The lowest BCUT2D eigenvalue weighted by Crippen LogP contribution is -2.73. The van der Waals surface area contributed by atoms with Gasteiger partial charge in [0.15, 0.2) is 0 Å². The third-order valence-corrected chi connectivity index (χ3v) is 51.0. The zero-order valence-electron chi connectivity index (χ0n) is 102. The molecule has 15 atom stereocenters. The Morgan fingerprint density at radius 1 is 0.288 bits per heavy atom. The highest BCUT2D eigenvalue weighted by atomic mass is 16.6. The van der Waals surface area contributed by atoms with Crippen LogP contribution < -0.4 is 0 Å². The summed E-state index contributed by atoms with van der Waals surface area (Å²) in [6, 6.07) is 0. The minimum atomic E-state index is -0.722. The molecule has 0 aromatic rings. The summed E-state index contributed by atoms with van der Waals surface area (Å²) in [5, 5.41) is 8.44. The van der Waals surface area contributed by atoms with E-state index in [0.29, 0.717) is 34.5 Å². The van der Waals surface area contributed by atoms with Gasteiger partial charge in [0.1, 0.15) is 29.0 Å². The molecule has 35 rings (SSSR count). The van der Waals surface area contributed by atoms with Gasteiger partial charge in [-0.2, -0.15) is 0 Å². The highest BCUT2D eigenvalue weighted by Gasteiger charge is 2.79. The summed E-state index contributed by atoms with van der Waals surface area (Å²) in [5.41, 5.74) is -1.36. The first kappa shape index (κ1) is 118. The number of carbonyl (C=O) groups excluding carboxylic acids is 5. The zero-order valence-corrected chi connectivity index (χ0v) is 102. The molecule has 35 aliphatic rings. The van der Waals surface area contributed by atoms with E-state index in [-0.39, 0.29) is 96.8 Å². The number of carboxylic acid groups (broad SMARTS) is 1. The lowest BCUT2D eigenvalue weighted by molar-refractivity contribution is -0.309. The molecule has 40 bridgehead atoms. The maximum atomic E-state index is 13.0. The van der Waals surface area contributed by atoms with Crippen molar-refractivity contribution < 1.29 is 57.6 Å². The standard InChI is InChI=1S/2C23H36O2.2C22H34O2.C21H32O2.C7H16.C6H12O2.5C2H6/c1-6-21(2,3)20(24)25-22(4,5)23-12-14-8-16-15-7-13(10-18(16)23)11-19(23)17(15)9-14;1-6-21(2,3)20(24)25-22(4,5)23-10-17-14-7-13-8-15(17)19(12-23)16(9-13)18(14)11-23;1-5-21(3,4)20(23)24-12(2)22-11-14-7-16-15-6-13(9-18(16)22)10-19(22)17(15)8-14;1-5-21(3,4)20(23)24-12(2)22-9-17-14-6-13-7-15(17)19(11-22)16(8-13)18(14)10-22;1-5-20(2,3)19(22)23-21(4)12-9-14-13-6-11-7-16(14)18(21)17(8-11)15(13)10-12;1-5-6-7(2,3)4;1-4-6(2,3)5(7)8;5*1-2/h2*13-19H,6-12H2,1-5H3;2*12-19H,5-11H2,1-4H3;11-18H,5-10H2,1-4H3;5-6H2,1-4H3;4H2,1-3H3,(H,7,8);5*1-2H3. The van der Waals surface area contributed by atoms with Crippen molar-refractivity contribution >= 4 is 35.8 Å². The Hall–Kier alpha value is -3.18. The van der Waals surface area contributed by atoms with Gasteiger partial charge in [0.05, 0.1) is 32.5 Å². The monoisotopic (exact) mass is 2030 g/mol. The first-order chi connectivity index (χ1) is 68.5. The van der Waals surface area contributed by atoms with Gasteiger partial charge in [-0.3, -0.25) is 28.8 Å². The summed E-state index contributed by atoms with van der Waals surface area (Å²) in [4.78, 5) is 74.4. The maximum absolute atomic E-state index is 13.0. The van der Waals surface area contributed by atoms with Gasteiger partial charge < -0.3 is 28.8 Å². The van der Waals surface area contributed by atoms with Crippen LogP contribution in [0.2, 0.25) is 0 Å². The van der Waals surface area contributed by atoms with Crippen LogP contribution in [0, 0.1) is 273 Å². The van der Waals surface area contributed by atoms with E-state index in [1.165, 1.54) is 199 Å². The van der Waals surface area contributed by atoms with Crippen LogP contribution in [-0.4, -0.2) is 69.9 Å². The lowest BCUT2D eigenvalue weighted by atomic mass is 9.28. The molecule has 0 saturated heterocycles. The number of aliphatic carboxylic acids is 1. The van der Waals surface area contributed by atoms with E-state index in [2.05, 4.69) is 111 Å². The first-order valence-electron chi connectivity index (χ1n) is 63.8. The number of carbonyl (C=O) groups is 6. The Bertz CT molecular complexity index is 4250. The Kier molecular flexibility index (Phi) is 35.1. The van der Waals surface area contributed by atoms with E-state index in [9.17, 15) is 28.8 Å². The first-order valence-corrected chi connectivity index (χ1v) is 63.8. The van der Waals surface area contributed by atoms with Gasteiger partial charge in [0.25, 0.3) is 0 Å². The average molecular weight is 2030 g/mol. The number of ether oxygens (including phenoxy) is 5. The van der Waals surface area contributed by atoms with Crippen LogP contribution in [0.5, 0.6) is 0 Å². The summed E-state index contributed by atoms with van der Waals surface area (Å²) >= 11 is 0. The van der Waals surface area contributed by atoms with Crippen molar-refractivity contribution in [1.29, 1.82) is 0 Å². The Labute approximate surface area is 897 Å². The summed E-state index contributed by atoms with van der Waals surface area (Å²) in [6.07, 6.45) is 49.6. The van der Waals surface area contributed by atoms with Crippen LogP contribution in [0.1, 0.15) is 508 Å². The van der Waals surface area contributed by atoms with Gasteiger partial charge in [-0.1, -0.05) is 145 Å². The number of carboxylic acids is 1. The van der Waals surface area contributed by atoms with Gasteiger partial charge in [-0.15, -0.1) is 0 Å². The van der Waals surface area contributed by atoms with Crippen LogP contribution in [0.25, 0.3) is 0 Å². The fourth-order valence-corrected chi connectivity index (χ4v) is 42.2. The van der Waals surface area contributed by atoms with Gasteiger partial charge >= 0.3 is 35.8 Å². The predicted molar refractivity (Wildman–Crippen MR) is 598 cm³/mol. The van der Waals surface area contributed by atoms with Crippen LogP contribution in [0.15, 0.2) is 0 Å². The fraction of sp³-hybridized carbons (Fsp3) is 0.955. The molecule has 0 aromatic carbocycles. The van der Waals surface area contributed by atoms with E-state index in [0.717, 1.165) is 233 Å². The molecule has 12 heteroatoms. The van der Waals surface area contributed by atoms with Crippen LogP contribution in [0.3, 0.4) is 0 Å². The van der Waals surface area contributed by atoms with Crippen LogP contribution in [0.4, 0.5) is 0 Å². The molecule has 1 N–H and O–H groups in total. The molecule has 0 spiro atoms. The number of hydrogen-bond donors (Lipinski definition) is 1. The van der Waals surface area contributed by atoms with Gasteiger partial charge in [-0.05, 0) is 575 Å². The molecule has 35 fully saturated rings. The van der Waals surface area contributed by atoms with Crippen LogP contribution >= 0.6 is 0 Å². The minimum absolute atomic E-state index is 0.0136. The molecule has 146 heavy (non-hydrogen) atoms. The highest BCUT2D eigenvalue weighted by molar-refractivity contribution is 5.78. The molecule has 35 aliphatic carbocycles. The fourth-order valence-electron chi connectivity index (χ4n) is 42.2. The summed E-state index contributed by atoms with van der Waals surface area (Å²) in [7, 11) is 0. The van der Waals surface area contributed by atoms with Gasteiger partial charge in [-0.25, -0.2) is 0 Å². The van der Waals surface area contributed by atoms with Crippen molar-refractivity contribution in [3.05, 3.63) is 0 Å². The Morgan fingerprint density at radius 2 is 0.555 bits per heavy atom. The summed E-state index contributed by atoms with van der Waals surface area (Å²) in [6.45, 7) is 81.0. The van der Waals surface area contributed by atoms with Gasteiger partial charge in [0, 0.05) is 27.6 Å². The Balaban J connectivity index is 0.000000136. The second kappa shape index (κ2) is 43.3. The number of rotatable bonds is 22. The van der Waals surface area contributed by atoms with Crippen molar-refractivity contribution in [1.82, 2.24) is 0 Å². The summed E-state index contributed by atoms with van der Waals surface area (Å²) in [5.74, 6) is 33.6. The van der Waals surface area contributed by atoms with Crippen molar-refractivity contribution in [3.8, 4) is 0 Å². The van der Waals surface area contributed by atoms with E-state index in [1.54, 1.807) is 13.8 Å². The number of esters is 5. The topological polar surface area (TPSA) is 169 Å². The minimum Gasteiger partial charge on any atom is -0.481 e. The quantitative estimate of drug-likeness (QED) is 0.0805. The maximum Gasteiger partial charge on any atom is 0.312 e. The van der Waals surface area contributed by atoms with Crippen molar-refractivity contribution in [2.75, 3.05) is 0 Å². The van der Waals surface area contributed by atoms with Crippen molar-refractivity contribution in [2.24, 2.45) is 273 Å². The molecular weight excluding hydrogens is 1800 g/mol. The van der Waals surface area contributed by atoms with E-state index in [4.69, 9.17) is 28.8 Å². The van der Waals surface area contributed by atoms with Crippen molar-refractivity contribution in [2.45, 2.75) is 537 Å². The van der Waals surface area contributed by atoms with Crippen molar-refractivity contribution in [3.63, 3.8) is 0 Å². The molecule has 0 aromatic heterocycles. The predicted octanol–water partition coefficient (Wildman–Crippen LogP) is 35.2. The van der Waals surface area contributed by atoms with E-state index >= 15 is 0 Å². The molecule has 0 radical (unpaired) electrons.